The van der Waals surface area contributed by atoms with Crippen molar-refractivity contribution in [3.63, 3.8) is 0 Å². The van der Waals surface area contributed by atoms with E-state index in [1.165, 1.54) is 7.11 Å². The van der Waals surface area contributed by atoms with Crippen LogP contribution in [0.2, 0.25) is 0 Å². The number of hydrogen-bond donors (Lipinski definition) is 0. The number of rotatable bonds is 8. The Balaban J connectivity index is 1.53. The molecule has 0 amide bonds. The minimum absolute atomic E-state index is 0.174. The SMILES string of the molecule is COc1ccc(-c2c(C)oc3cc(OCC(=O)OCc4ccccc4)ccc3c2=O)cc1OC. The molecule has 7 nitrogen and oxygen atoms in total. The van der Waals surface area contributed by atoms with Gasteiger partial charge in [-0.1, -0.05) is 36.4 Å². The van der Waals surface area contributed by atoms with Crippen LogP contribution < -0.4 is 19.6 Å². The third-order valence-corrected chi connectivity index (χ3v) is 5.31. The van der Waals surface area contributed by atoms with Crippen molar-refractivity contribution in [2.75, 3.05) is 20.8 Å². The second-order valence-corrected chi connectivity index (χ2v) is 7.53. The number of fused-ring (bicyclic) bond motifs is 1. The van der Waals surface area contributed by atoms with E-state index >= 15 is 0 Å². The van der Waals surface area contributed by atoms with Crippen LogP contribution >= 0.6 is 0 Å². The molecule has 0 atom stereocenters. The van der Waals surface area contributed by atoms with E-state index in [1.54, 1.807) is 50.4 Å². The molecular weight excluding hydrogens is 436 g/mol. The van der Waals surface area contributed by atoms with Gasteiger partial charge < -0.3 is 23.4 Å². The summed E-state index contributed by atoms with van der Waals surface area (Å²) in [5, 5.41) is 0.398. The van der Waals surface area contributed by atoms with Crippen LogP contribution in [0.4, 0.5) is 0 Å². The summed E-state index contributed by atoms with van der Waals surface area (Å²) in [6.45, 7) is 1.64. The fraction of sp³-hybridized carbons (Fsp3) is 0.185. The molecule has 0 saturated heterocycles. The summed E-state index contributed by atoms with van der Waals surface area (Å²) in [6.07, 6.45) is 0. The Bertz CT molecular complexity index is 1370. The van der Waals surface area contributed by atoms with Gasteiger partial charge in [0.05, 0.1) is 25.2 Å². The maximum atomic E-state index is 13.3. The number of esters is 1. The molecule has 174 valence electrons. The number of hydrogen-bond acceptors (Lipinski definition) is 7. The third-order valence-electron chi connectivity index (χ3n) is 5.31. The number of aryl methyl sites for hydroxylation is 1. The molecule has 0 aliphatic rings. The van der Waals surface area contributed by atoms with Crippen LogP contribution in [0.25, 0.3) is 22.1 Å². The van der Waals surface area contributed by atoms with Gasteiger partial charge in [0.1, 0.15) is 23.7 Å². The molecule has 0 fully saturated rings. The molecule has 0 radical (unpaired) electrons. The van der Waals surface area contributed by atoms with Crippen LogP contribution in [0.15, 0.2) is 75.9 Å². The number of methoxy groups -OCH3 is 2. The first-order valence-corrected chi connectivity index (χ1v) is 10.6. The van der Waals surface area contributed by atoms with Crippen LogP contribution in [0, 0.1) is 6.92 Å². The molecule has 4 aromatic rings. The van der Waals surface area contributed by atoms with Gasteiger partial charge in [-0.3, -0.25) is 4.79 Å². The molecule has 0 aliphatic carbocycles. The lowest BCUT2D eigenvalue weighted by Crippen LogP contribution is -2.15. The molecule has 0 aliphatic heterocycles. The Labute approximate surface area is 196 Å². The highest BCUT2D eigenvalue weighted by Gasteiger charge is 2.16. The van der Waals surface area contributed by atoms with E-state index in [9.17, 15) is 9.59 Å². The first kappa shape index (κ1) is 22.9. The summed E-state index contributed by atoms with van der Waals surface area (Å²) in [7, 11) is 3.09. The van der Waals surface area contributed by atoms with E-state index in [2.05, 4.69) is 0 Å². The molecule has 4 rings (SSSR count). The van der Waals surface area contributed by atoms with Gasteiger partial charge in [-0.05, 0) is 42.3 Å². The largest absolute Gasteiger partial charge is 0.493 e. The van der Waals surface area contributed by atoms with Gasteiger partial charge in [0, 0.05) is 6.07 Å². The zero-order chi connectivity index (χ0) is 24.1. The van der Waals surface area contributed by atoms with Gasteiger partial charge >= 0.3 is 5.97 Å². The average molecular weight is 460 g/mol. The molecule has 0 unspecified atom stereocenters. The first-order chi connectivity index (χ1) is 16.5. The monoisotopic (exact) mass is 460 g/mol. The van der Waals surface area contributed by atoms with Gasteiger partial charge in [-0.25, -0.2) is 4.79 Å². The molecule has 34 heavy (non-hydrogen) atoms. The maximum Gasteiger partial charge on any atom is 0.344 e. The van der Waals surface area contributed by atoms with Crippen LogP contribution in [0.5, 0.6) is 17.2 Å². The lowest BCUT2D eigenvalue weighted by atomic mass is 10.0. The number of carbonyl (C=O) groups excluding carboxylic acids is 1. The molecular formula is C27H24O7. The summed E-state index contributed by atoms with van der Waals surface area (Å²) < 4.78 is 27.3. The van der Waals surface area contributed by atoms with Crippen molar-refractivity contribution >= 4 is 16.9 Å². The summed E-state index contributed by atoms with van der Waals surface area (Å²) >= 11 is 0. The van der Waals surface area contributed by atoms with Crippen molar-refractivity contribution in [1.29, 1.82) is 0 Å². The van der Waals surface area contributed by atoms with Crippen LogP contribution in [-0.2, 0) is 16.1 Å². The summed E-state index contributed by atoms with van der Waals surface area (Å²) in [4.78, 5) is 25.3. The molecule has 0 saturated carbocycles. The van der Waals surface area contributed by atoms with E-state index in [1.807, 2.05) is 30.3 Å². The van der Waals surface area contributed by atoms with Gasteiger partial charge in [0.15, 0.2) is 18.1 Å². The van der Waals surface area contributed by atoms with Crippen LogP contribution in [0.1, 0.15) is 11.3 Å². The van der Waals surface area contributed by atoms with E-state index in [4.69, 9.17) is 23.4 Å². The fourth-order valence-electron chi connectivity index (χ4n) is 3.62. The molecule has 1 heterocycles. The lowest BCUT2D eigenvalue weighted by molar-refractivity contribution is -0.147. The molecule has 0 spiro atoms. The Morgan fingerprint density at radius 1 is 0.912 bits per heavy atom. The predicted octanol–water partition coefficient (Wildman–Crippen LogP) is 4.91. The minimum atomic E-state index is -0.495. The maximum absolute atomic E-state index is 13.3. The van der Waals surface area contributed by atoms with Gasteiger partial charge in [0.2, 0.25) is 5.43 Å². The van der Waals surface area contributed by atoms with Crippen molar-refractivity contribution in [3.05, 3.63) is 88.3 Å². The van der Waals surface area contributed by atoms with Crippen molar-refractivity contribution < 1.29 is 28.2 Å². The highest BCUT2D eigenvalue weighted by Crippen LogP contribution is 2.33. The second-order valence-electron chi connectivity index (χ2n) is 7.53. The number of benzene rings is 3. The highest BCUT2D eigenvalue weighted by molar-refractivity contribution is 5.84. The standard InChI is InChI=1S/C27H24O7/c1-17-26(19-9-12-22(30-2)24(13-19)31-3)27(29)21-11-10-20(14-23(21)34-17)32-16-25(28)33-15-18-7-5-4-6-8-18/h4-14H,15-16H2,1-3H3. The average Bonchev–Trinajstić information content (AvgIpc) is 2.86. The molecule has 0 N–H and O–H groups in total. The third kappa shape index (κ3) is 4.88. The zero-order valence-corrected chi connectivity index (χ0v) is 19.1. The summed E-state index contributed by atoms with van der Waals surface area (Å²) in [5.41, 5.74) is 2.17. The van der Waals surface area contributed by atoms with Crippen LogP contribution in [0.3, 0.4) is 0 Å². The van der Waals surface area contributed by atoms with Crippen molar-refractivity contribution in [2.24, 2.45) is 0 Å². The Hall–Kier alpha value is -4.26. The number of ether oxygens (including phenoxy) is 4. The van der Waals surface area contributed by atoms with E-state index < -0.39 is 5.97 Å². The van der Waals surface area contributed by atoms with Crippen LogP contribution in [-0.4, -0.2) is 26.8 Å². The summed E-state index contributed by atoms with van der Waals surface area (Å²) in [6, 6.07) is 19.5. The molecule has 3 aromatic carbocycles. The predicted molar refractivity (Wildman–Crippen MR) is 127 cm³/mol. The van der Waals surface area contributed by atoms with Crippen molar-refractivity contribution in [3.8, 4) is 28.4 Å². The normalized spacial score (nSPS) is 10.7. The Kier molecular flexibility index (Phi) is 6.82. The highest BCUT2D eigenvalue weighted by atomic mass is 16.6. The van der Waals surface area contributed by atoms with E-state index in [0.717, 1.165) is 5.56 Å². The quantitative estimate of drug-likeness (QED) is 0.346. The smallest absolute Gasteiger partial charge is 0.344 e. The van der Waals surface area contributed by atoms with E-state index in [0.29, 0.717) is 45.1 Å². The molecule has 0 bridgehead atoms. The first-order valence-electron chi connectivity index (χ1n) is 10.6. The Morgan fingerprint density at radius 3 is 2.41 bits per heavy atom. The minimum Gasteiger partial charge on any atom is -0.493 e. The molecule has 7 heteroatoms. The Morgan fingerprint density at radius 2 is 1.68 bits per heavy atom. The van der Waals surface area contributed by atoms with Gasteiger partial charge in [0.25, 0.3) is 0 Å². The topological polar surface area (TPSA) is 84.2 Å². The van der Waals surface area contributed by atoms with Crippen molar-refractivity contribution in [1.82, 2.24) is 0 Å². The van der Waals surface area contributed by atoms with Gasteiger partial charge in [-0.15, -0.1) is 0 Å². The second kappa shape index (κ2) is 10.1. The molecule has 1 aromatic heterocycles. The van der Waals surface area contributed by atoms with Crippen molar-refractivity contribution in [2.45, 2.75) is 13.5 Å². The van der Waals surface area contributed by atoms with E-state index in [-0.39, 0.29) is 18.6 Å². The zero-order valence-electron chi connectivity index (χ0n) is 19.1. The summed E-state index contributed by atoms with van der Waals surface area (Å²) in [5.74, 6) is 1.43. The van der Waals surface area contributed by atoms with Gasteiger partial charge in [-0.2, -0.15) is 0 Å². The number of carbonyl (C=O) groups is 1. The lowest BCUT2D eigenvalue weighted by Gasteiger charge is -2.12. The fourth-order valence-corrected chi connectivity index (χ4v) is 3.62.